The van der Waals surface area contributed by atoms with Gasteiger partial charge >= 0.3 is 6.18 Å². The zero-order chi connectivity index (χ0) is 30.5. The molecule has 3 aromatic rings. The highest BCUT2D eigenvalue weighted by Crippen LogP contribution is 2.36. The highest BCUT2D eigenvalue weighted by Gasteiger charge is 2.42. The van der Waals surface area contributed by atoms with Gasteiger partial charge in [0.05, 0.1) is 11.9 Å². The molecular weight excluding hydrogens is 561 g/mol. The van der Waals surface area contributed by atoms with Gasteiger partial charge in [-0.25, -0.2) is 4.98 Å². The number of piperidine rings is 2. The molecule has 9 nitrogen and oxygen atoms in total. The molecule has 2 N–H and O–H groups in total. The number of hydrogen-bond acceptors (Lipinski definition) is 8. The van der Waals surface area contributed by atoms with Crippen LogP contribution in [-0.2, 0) is 17.5 Å². The number of aromatic nitrogens is 2. The number of oxazole rings is 1. The van der Waals surface area contributed by atoms with E-state index in [1.165, 1.54) is 11.8 Å². The fraction of sp³-hybridized carbons (Fsp3) is 0.484. The molecule has 1 atom stereocenters. The molecule has 1 amide bonds. The highest BCUT2D eigenvalue weighted by atomic mass is 19.4. The molecule has 0 aliphatic carbocycles. The van der Waals surface area contributed by atoms with Crippen LogP contribution in [0.5, 0.6) is 0 Å². The van der Waals surface area contributed by atoms with Gasteiger partial charge in [-0.05, 0) is 62.3 Å². The molecule has 0 spiro atoms. The summed E-state index contributed by atoms with van der Waals surface area (Å²) in [6.45, 7) is 5.81. The van der Waals surface area contributed by atoms with Gasteiger partial charge in [0.25, 0.3) is 11.9 Å². The second-order valence-electron chi connectivity index (χ2n) is 11.6. The van der Waals surface area contributed by atoms with Crippen molar-refractivity contribution < 1.29 is 27.2 Å². The summed E-state index contributed by atoms with van der Waals surface area (Å²) in [5.41, 5.74) is -0.311. The fourth-order valence-electron chi connectivity index (χ4n) is 5.76. The smallest absolute Gasteiger partial charge is 0.417 e. The summed E-state index contributed by atoms with van der Waals surface area (Å²) in [6.07, 6.45) is 1.54. The van der Waals surface area contributed by atoms with Crippen LogP contribution in [0.25, 0.3) is 0 Å². The lowest BCUT2D eigenvalue weighted by Gasteiger charge is -2.39. The lowest BCUT2D eigenvalue weighted by atomic mass is 9.77. The summed E-state index contributed by atoms with van der Waals surface area (Å²) in [5, 5.41) is 5.88. The van der Waals surface area contributed by atoms with Crippen molar-refractivity contribution in [2.75, 3.05) is 47.8 Å². The summed E-state index contributed by atoms with van der Waals surface area (Å²) in [6, 6.07) is 13.2. The van der Waals surface area contributed by atoms with Crippen molar-refractivity contribution in [3.05, 3.63) is 65.7 Å². The molecule has 2 saturated heterocycles. The van der Waals surface area contributed by atoms with Crippen LogP contribution in [0.4, 0.5) is 30.7 Å². The number of carbonyl (C=O) groups excluding carboxylic acids is 2. The third-order valence-electron chi connectivity index (χ3n) is 8.33. The first-order valence-corrected chi connectivity index (χ1v) is 14.7. The van der Waals surface area contributed by atoms with E-state index >= 15 is 0 Å². The van der Waals surface area contributed by atoms with E-state index in [0.29, 0.717) is 44.8 Å². The van der Waals surface area contributed by atoms with Crippen molar-refractivity contribution in [1.29, 1.82) is 0 Å². The molecule has 12 heteroatoms. The zero-order valence-corrected chi connectivity index (χ0v) is 24.2. The normalized spacial score (nSPS) is 18.8. The minimum Gasteiger partial charge on any atom is -0.417 e. The van der Waals surface area contributed by atoms with Crippen LogP contribution in [0.15, 0.2) is 53.1 Å². The monoisotopic (exact) mass is 598 g/mol. The van der Waals surface area contributed by atoms with Crippen LogP contribution in [0.1, 0.15) is 60.8 Å². The van der Waals surface area contributed by atoms with Crippen molar-refractivity contribution in [2.24, 2.45) is 11.3 Å². The van der Waals surface area contributed by atoms with Crippen LogP contribution in [-0.4, -0.2) is 54.9 Å². The summed E-state index contributed by atoms with van der Waals surface area (Å²) >= 11 is 0. The van der Waals surface area contributed by atoms with Gasteiger partial charge in [-0.2, -0.15) is 18.2 Å². The molecule has 5 rings (SSSR count). The third-order valence-corrected chi connectivity index (χ3v) is 8.33. The third kappa shape index (κ3) is 7.54. The molecule has 230 valence electrons. The Morgan fingerprint density at radius 2 is 1.88 bits per heavy atom. The Bertz CT molecular complexity index is 1370. The Morgan fingerprint density at radius 3 is 2.53 bits per heavy atom. The minimum atomic E-state index is -4.85. The van der Waals surface area contributed by atoms with Crippen LogP contribution >= 0.6 is 0 Å². The molecule has 1 aromatic carbocycles. The zero-order valence-electron chi connectivity index (χ0n) is 24.2. The van der Waals surface area contributed by atoms with E-state index in [9.17, 15) is 22.8 Å². The summed E-state index contributed by atoms with van der Waals surface area (Å²) in [7, 11) is 0. The predicted octanol–water partition coefficient (Wildman–Crippen LogP) is 5.54. The first-order chi connectivity index (χ1) is 20.7. The summed E-state index contributed by atoms with van der Waals surface area (Å²) in [5.74, 6) is -0.963. The molecule has 2 aliphatic rings. The van der Waals surface area contributed by atoms with Gasteiger partial charge in [0.15, 0.2) is 5.69 Å². The number of rotatable bonds is 10. The number of benzene rings is 1. The molecule has 2 aromatic heterocycles. The number of nitrogens with zero attached hydrogens (tertiary/aromatic N) is 4. The van der Waals surface area contributed by atoms with Gasteiger partial charge in [-0.3, -0.25) is 4.79 Å². The molecule has 4 heterocycles. The van der Waals surface area contributed by atoms with E-state index in [4.69, 9.17) is 4.42 Å². The first kappa shape index (κ1) is 30.5. The number of aldehydes is 1. The Morgan fingerprint density at radius 1 is 1.12 bits per heavy atom. The second-order valence-corrected chi connectivity index (χ2v) is 11.6. The quantitative estimate of drug-likeness (QED) is 0.232. The average molecular weight is 599 g/mol. The van der Waals surface area contributed by atoms with Crippen LogP contribution in [0, 0.1) is 11.3 Å². The number of amides is 1. The van der Waals surface area contributed by atoms with Crippen LogP contribution in [0.3, 0.4) is 0 Å². The van der Waals surface area contributed by atoms with Gasteiger partial charge in [0, 0.05) is 38.1 Å². The highest BCUT2D eigenvalue weighted by molar-refractivity contribution is 6.03. The maximum absolute atomic E-state index is 13.7. The lowest BCUT2D eigenvalue weighted by molar-refractivity contribution is -0.141. The first-order valence-electron chi connectivity index (χ1n) is 14.7. The summed E-state index contributed by atoms with van der Waals surface area (Å²) < 4.78 is 46.6. The minimum absolute atomic E-state index is 0.194. The van der Waals surface area contributed by atoms with Crippen molar-refractivity contribution in [3.8, 4) is 0 Å². The second kappa shape index (κ2) is 13.2. The molecule has 43 heavy (non-hydrogen) atoms. The largest absolute Gasteiger partial charge is 0.437 e. The van der Waals surface area contributed by atoms with Gasteiger partial charge < -0.3 is 29.6 Å². The number of pyridine rings is 1. The Hall–Kier alpha value is -3.93. The van der Waals surface area contributed by atoms with Crippen LogP contribution < -0.4 is 20.4 Å². The van der Waals surface area contributed by atoms with E-state index in [2.05, 4.69) is 37.6 Å². The number of nitrogens with one attached hydrogen (secondary N) is 2. The summed E-state index contributed by atoms with van der Waals surface area (Å²) in [4.78, 5) is 36.7. The SMILES string of the molecule is CC1CCCN(c2nc(C(F)(F)F)c(C(=O)Nc3ccc(N4CCC(C=O)(CCNCc5ccccc5)CC4)nc3)o2)C1. The molecule has 0 radical (unpaired) electrons. The van der Waals surface area contributed by atoms with Gasteiger partial charge in [0.2, 0.25) is 5.76 Å². The van der Waals surface area contributed by atoms with E-state index in [0.717, 1.165) is 38.6 Å². The van der Waals surface area contributed by atoms with Crippen molar-refractivity contribution in [3.63, 3.8) is 0 Å². The Kier molecular flexibility index (Phi) is 9.34. The maximum atomic E-state index is 13.7. The molecule has 0 saturated carbocycles. The number of alkyl halides is 3. The Labute approximate surface area is 248 Å². The predicted molar refractivity (Wildman–Crippen MR) is 157 cm³/mol. The van der Waals surface area contributed by atoms with E-state index in [1.54, 1.807) is 17.0 Å². The average Bonchev–Trinajstić information content (AvgIpc) is 3.48. The van der Waals surface area contributed by atoms with Crippen molar-refractivity contribution in [1.82, 2.24) is 15.3 Å². The van der Waals surface area contributed by atoms with Crippen LogP contribution in [0.2, 0.25) is 0 Å². The van der Waals surface area contributed by atoms with E-state index < -0.39 is 29.0 Å². The molecule has 2 aliphatic heterocycles. The molecule has 2 fully saturated rings. The number of hydrogen-bond donors (Lipinski definition) is 2. The number of halogens is 3. The Balaban J connectivity index is 1.16. The van der Waals surface area contributed by atoms with Gasteiger partial charge in [-0.1, -0.05) is 37.3 Å². The number of anilines is 3. The lowest BCUT2D eigenvalue weighted by Crippen LogP contribution is -2.42. The number of carbonyl (C=O) groups is 2. The topological polar surface area (TPSA) is 104 Å². The standard InChI is InChI=1S/C31H37F3N6O3/c1-22-6-5-15-40(20-22)29-38-27(31(32,33)34)26(43-29)28(42)37-24-9-10-25(36-19-24)39-16-12-30(21-41,13-17-39)11-14-35-18-23-7-3-2-4-8-23/h2-4,7-10,19,21-22,35H,5-6,11-18,20H2,1H3,(H,37,42). The molecule has 0 bridgehead atoms. The molecule has 1 unspecified atom stereocenters. The van der Waals surface area contributed by atoms with Gasteiger partial charge in [-0.15, -0.1) is 0 Å². The fourth-order valence-corrected chi connectivity index (χ4v) is 5.76. The van der Waals surface area contributed by atoms with Crippen molar-refractivity contribution >= 4 is 29.7 Å². The van der Waals surface area contributed by atoms with Crippen molar-refractivity contribution in [2.45, 2.75) is 51.7 Å². The maximum Gasteiger partial charge on any atom is 0.437 e. The van der Waals surface area contributed by atoms with Gasteiger partial charge in [0.1, 0.15) is 12.1 Å². The molecular formula is C31H37F3N6O3. The van der Waals surface area contributed by atoms with E-state index in [-0.39, 0.29) is 17.6 Å². The van der Waals surface area contributed by atoms with E-state index in [1.807, 2.05) is 25.1 Å².